The maximum atomic E-state index is 12.2. The Balaban J connectivity index is 1.81. The molecule has 0 bridgehead atoms. The average Bonchev–Trinajstić information content (AvgIpc) is 2.41. The van der Waals surface area contributed by atoms with Crippen LogP contribution < -0.4 is 10.5 Å². The molecule has 1 aliphatic rings. The number of benzene rings is 1. The summed E-state index contributed by atoms with van der Waals surface area (Å²) in [7, 11) is 0. The molecule has 2 N–H and O–H groups in total. The summed E-state index contributed by atoms with van der Waals surface area (Å²) in [6.07, 6.45) is 2.21. The molecule has 116 valence electrons. The lowest BCUT2D eigenvalue weighted by atomic mass is 9.99. The Morgan fingerprint density at radius 2 is 2.19 bits per heavy atom. The number of nitrogens with zero attached hydrogens (tertiary/aromatic N) is 1. The van der Waals surface area contributed by atoms with E-state index in [0.29, 0.717) is 13.0 Å². The zero-order chi connectivity index (χ0) is 15.4. The van der Waals surface area contributed by atoms with Crippen molar-refractivity contribution in [2.75, 3.05) is 13.2 Å². The van der Waals surface area contributed by atoms with Crippen LogP contribution in [0.25, 0.3) is 0 Å². The number of ether oxygens (including phenoxy) is 1. The Kier molecular flexibility index (Phi) is 5.23. The zero-order valence-corrected chi connectivity index (χ0v) is 13.3. The minimum absolute atomic E-state index is 0.166. The van der Waals surface area contributed by atoms with E-state index in [-0.39, 0.29) is 18.0 Å². The van der Waals surface area contributed by atoms with Crippen LogP contribution in [-0.4, -0.2) is 36.0 Å². The predicted molar refractivity (Wildman–Crippen MR) is 84.4 cm³/mol. The largest absolute Gasteiger partial charge is 0.493 e. The third kappa shape index (κ3) is 4.21. The van der Waals surface area contributed by atoms with Crippen LogP contribution in [0.4, 0.5) is 0 Å². The van der Waals surface area contributed by atoms with Gasteiger partial charge in [0.1, 0.15) is 5.75 Å². The van der Waals surface area contributed by atoms with E-state index >= 15 is 0 Å². The van der Waals surface area contributed by atoms with Gasteiger partial charge in [-0.3, -0.25) is 4.79 Å². The van der Waals surface area contributed by atoms with Gasteiger partial charge in [-0.2, -0.15) is 0 Å². The van der Waals surface area contributed by atoms with Gasteiger partial charge in [-0.1, -0.05) is 17.7 Å². The maximum absolute atomic E-state index is 12.2. The second-order valence-electron chi connectivity index (χ2n) is 6.09. The Labute approximate surface area is 127 Å². The Hall–Kier alpha value is -1.55. The molecule has 0 aromatic heterocycles. The van der Waals surface area contributed by atoms with E-state index in [2.05, 4.69) is 19.9 Å². The first-order valence-electron chi connectivity index (χ1n) is 7.72. The first-order valence-corrected chi connectivity index (χ1v) is 7.72. The predicted octanol–water partition coefficient (Wildman–Crippen LogP) is 2.41. The van der Waals surface area contributed by atoms with E-state index in [1.54, 1.807) is 0 Å². The number of carbonyl (C=O) groups excluding carboxylic acids is 1. The number of likely N-dealkylation sites (tertiary alicyclic amines) is 1. The molecule has 0 aliphatic carbocycles. The van der Waals surface area contributed by atoms with Crippen molar-refractivity contribution >= 4 is 5.91 Å². The highest BCUT2D eigenvalue weighted by atomic mass is 16.5. The second kappa shape index (κ2) is 6.94. The molecule has 4 heteroatoms. The van der Waals surface area contributed by atoms with Crippen LogP contribution in [0.1, 0.15) is 37.3 Å². The standard InChI is InChI=1S/C17H26N2O2/c1-12-4-5-16(13(2)10-12)21-9-7-17(20)19-8-6-15(18)11-14(19)3/h4-5,10,14-15H,6-9,11,18H2,1-3H3/t14-,15+/m0/s1. The molecular weight excluding hydrogens is 264 g/mol. The normalized spacial score (nSPS) is 22.2. The number of carbonyl (C=O) groups is 1. The molecule has 4 nitrogen and oxygen atoms in total. The molecule has 1 heterocycles. The minimum atomic E-state index is 0.166. The highest BCUT2D eigenvalue weighted by Gasteiger charge is 2.26. The Bertz CT molecular complexity index is 502. The molecule has 0 saturated carbocycles. The summed E-state index contributed by atoms with van der Waals surface area (Å²) in [6, 6.07) is 6.55. The van der Waals surface area contributed by atoms with E-state index in [4.69, 9.17) is 10.5 Å². The molecule has 1 amide bonds. The molecule has 21 heavy (non-hydrogen) atoms. The summed E-state index contributed by atoms with van der Waals surface area (Å²) in [5, 5.41) is 0. The minimum Gasteiger partial charge on any atom is -0.493 e. The summed E-state index contributed by atoms with van der Waals surface area (Å²) in [5.41, 5.74) is 8.26. The van der Waals surface area contributed by atoms with E-state index in [1.165, 1.54) is 5.56 Å². The SMILES string of the molecule is Cc1ccc(OCCC(=O)N2CC[C@@H](N)C[C@@H]2C)c(C)c1. The number of amides is 1. The van der Waals surface area contributed by atoms with Gasteiger partial charge < -0.3 is 15.4 Å². The molecule has 2 rings (SSSR count). The number of hydrogen-bond acceptors (Lipinski definition) is 3. The molecule has 2 atom stereocenters. The molecule has 0 spiro atoms. The van der Waals surface area contributed by atoms with Crippen molar-refractivity contribution in [1.82, 2.24) is 4.90 Å². The fraction of sp³-hybridized carbons (Fsp3) is 0.588. The lowest BCUT2D eigenvalue weighted by Crippen LogP contribution is -2.48. The van der Waals surface area contributed by atoms with Crippen LogP contribution >= 0.6 is 0 Å². The molecule has 0 unspecified atom stereocenters. The first-order chi connectivity index (χ1) is 9.97. The zero-order valence-electron chi connectivity index (χ0n) is 13.3. The number of rotatable bonds is 4. The van der Waals surface area contributed by atoms with Gasteiger partial charge >= 0.3 is 0 Å². The Morgan fingerprint density at radius 1 is 1.43 bits per heavy atom. The summed E-state index contributed by atoms with van der Waals surface area (Å²) in [5.74, 6) is 1.03. The van der Waals surface area contributed by atoms with Crippen molar-refractivity contribution in [3.63, 3.8) is 0 Å². The van der Waals surface area contributed by atoms with Crippen LogP contribution in [0.3, 0.4) is 0 Å². The van der Waals surface area contributed by atoms with Gasteiger partial charge in [0.15, 0.2) is 0 Å². The highest BCUT2D eigenvalue weighted by molar-refractivity contribution is 5.76. The van der Waals surface area contributed by atoms with Crippen molar-refractivity contribution in [1.29, 1.82) is 0 Å². The smallest absolute Gasteiger partial charge is 0.226 e. The van der Waals surface area contributed by atoms with Crippen LogP contribution in [-0.2, 0) is 4.79 Å². The van der Waals surface area contributed by atoms with Gasteiger partial charge in [0.2, 0.25) is 5.91 Å². The van der Waals surface area contributed by atoms with Gasteiger partial charge in [-0.05, 0) is 45.2 Å². The van der Waals surface area contributed by atoms with E-state index in [9.17, 15) is 4.79 Å². The van der Waals surface area contributed by atoms with Crippen LogP contribution in [0.15, 0.2) is 18.2 Å². The van der Waals surface area contributed by atoms with Gasteiger partial charge in [0.25, 0.3) is 0 Å². The van der Waals surface area contributed by atoms with Crippen molar-refractivity contribution in [3.8, 4) is 5.75 Å². The third-order valence-electron chi connectivity index (χ3n) is 4.14. The molecule has 1 aromatic rings. The topological polar surface area (TPSA) is 55.6 Å². The lowest BCUT2D eigenvalue weighted by Gasteiger charge is -2.36. The highest BCUT2D eigenvalue weighted by Crippen LogP contribution is 2.20. The number of hydrogen-bond donors (Lipinski definition) is 1. The van der Waals surface area contributed by atoms with E-state index < -0.39 is 0 Å². The van der Waals surface area contributed by atoms with Crippen molar-refractivity contribution in [2.45, 2.75) is 52.1 Å². The number of piperidine rings is 1. The van der Waals surface area contributed by atoms with E-state index in [1.807, 2.05) is 24.0 Å². The van der Waals surface area contributed by atoms with Gasteiger partial charge in [0, 0.05) is 18.6 Å². The molecule has 1 aromatic carbocycles. The average molecular weight is 290 g/mol. The summed E-state index contributed by atoms with van der Waals surface area (Å²) in [4.78, 5) is 14.2. The Morgan fingerprint density at radius 3 is 2.86 bits per heavy atom. The van der Waals surface area contributed by atoms with Crippen LogP contribution in [0.2, 0.25) is 0 Å². The summed E-state index contributed by atoms with van der Waals surface area (Å²) in [6.45, 7) is 7.35. The number of aryl methyl sites for hydroxylation is 2. The quantitative estimate of drug-likeness (QED) is 0.926. The summed E-state index contributed by atoms with van der Waals surface area (Å²) < 4.78 is 5.74. The molecular formula is C17H26N2O2. The molecule has 1 aliphatic heterocycles. The maximum Gasteiger partial charge on any atom is 0.226 e. The molecule has 1 fully saturated rings. The summed E-state index contributed by atoms with van der Waals surface area (Å²) >= 11 is 0. The molecule has 0 radical (unpaired) electrons. The fourth-order valence-corrected chi connectivity index (χ4v) is 2.93. The van der Waals surface area contributed by atoms with E-state index in [0.717, 1.165) is 30.7 Å². The lowest BCUT2D eigenvalue weighted by molar-refractivity contribution is -0.135. The van der Waals surface area contributed by atoms with Crippen molar-refractivity contribution in [2.24, 2.45) is 5.73 Å². The monoisotopic (exact) mass is 290 g/mol. The van der Waals surface area contributed by atoms with Gasteiger partial charge in [-0.15, -0.1) is 0 Å². The third-order valence-corrected chi connectivity index (χ3v) is 4.14. The van der Waals surface area contributed by atoms with Crippen molar-refractivity contribution in [3.05, 3.63) is 29.3 Å². The van der Waals surface area contributed by atoms with Gasteiger partial charge in [0.05, 0.1) is 13.0 Å². The van der Waals surface area contributed by atoms with Crippen LogP contribution in [0.5, 0.6) is 5.75 Å². The van der Waals surface area contributed by atoms with Gasteiger partial charge in [-0.25, -0.2) is 0 Å². The van der Waals surface area contributed by atoms with Crippen molar-refractivity contribution < 1.29 is 9.53 Å². The van der Waals surface area contributed by atoms with Crippen LogP contribution in [0, 0.1) is 13.8 Å². The fourth-order valence-electron chi connectivity index (χ4n) is 2.93. The first kappa shape index (κ1) is 15.8. The number of nitrogens with two attached hydrogens (primary N) is 1. The molecule has 1 saturated heterocycles. The second-order valence-corrected chi connectivity index (χ2v) is 6.09.